The third-order valence-corrected chi connectivity index (χ3v) is 4.24. The number of halogens is 1. The molecule has 2 unspecified atom stereocenters. The largest absolute Gasteiger partial charge is 0.375 e. The average Bonchev–Trinajstić information content (AvgIpc) is 2.49. The molecule has 1 N–H and O–H groups in total. The molecule has 0 amide bonds. The van der Waals surface area contributed by atoms with Crippen LogP contribution in [-0.2, 0) is 11.3 Å². The highest BCUT2D eigenvalue weighted by atomic mass is 35.5. The van der Waals surface area contributed by atoms with Gasteiger partial charge < -0.3 is 15.0 Å². The maximum Gasteiger partial charge on any atom is 0.129 e. The second kappa shape index (κ2) is 7.97. The first-order chi connectivity index (χ1) is 10.2. The summed E-state index contributed by atoms with van der Waals surface area (Å²) in [5.41, 5.74) is 1.11. The molecule has 21 heavy (non-hydrogen) atoms. The van der Waals surface area contributed by atoms with Gasteiger partial charge in [0.25, 0.3) is 0 Å². The molecule has 118 valence electrons. The number of nitrogens with zero attached hydrogens (tertiary/aromatic N) is 2. The first kappa shape index (κ1) is 16.5. The molecule has 1 fully saturated rings. The minimum atomic E-state index is 0.243. The number of ether oxygens (including phenoxy) is 1. The Kier molecular flexibility index (Phi) is 6.27. The lowest BCUT2D eigenvalue weighted by molar-refractivity contribution is 0.0296. The summed E-state index contributed by atoms with van der Waals surface area (Å²) in [5.74, 6) is 1.01. The summed E-state index contributed by atoms with van der Waals surface area (Å²) in [6.45, 7) is 9.90. The van der Waals surface area contributed by atoms with Gasteiger partial charge in [-0.1, -0.05) is 25.4 Å². The van der Waals surface area contributed by atoms with Crippen LogP contribution < -0.4 is 10.2 Å². The van der Waals surface area contributed by atoms with Crippen LogP contribution >= 0.6 is 11.6 Å². The first-order valence-electron chi connectivity index (χ1n) is 7.89. The molecule has 2 heterocycles. The van der Waals surface area contributed by atoms with E-state index in [1.807, 2.05) is 0 Å². The van der Waals surface area contributed by atoms with Crippen LogP contribution in [-0.4, -0.2) is 36.8 Å². The van der Waals surface area contributed by atoms with E-state index in [0.717, 1.165) is 55.5 Å². The fourth-order valence-corrected chi connectivity index (χ4v) is 2.79. The molecule has 0 aliphatic carbocycles. The highest BCUT2D eigenvalue weighted by molar-refractivity contribution is 6.31. The number of rotatable bonds is 6. The summed E-state index contributed by atoms with van der Waals surface area (Å²) in [5, 5.41) is 4.13. The third kappa shape index (κ3) is 4.31. The fraction of sp³-hybridized carbons (Fsp3) is 0.688. The number of pyridine rings is 1. The number of anilines is 1. The number of morpholine rings is 1. The standard InChI is InChI=1S/C16H26ClN3O/c1-4-6-18-8-13-7-16(19-9-15(13)17)20-10-12(3)21-11-14(20)5-2/h7,9,12,14,18H,4-6,8,10-11H2,1-3H3. The van der Waals surface area contributed by atoms with Crippen LogP contribution in [0.1, 0.15) is 39.2 Å². The van der Waals surface area contributed by atoms with E-state index in [1.165, 1.54) is 0 Å². The van der Waals surface area contributed by atoms with Crippen molar-refractivity contribution in [2.24, 2.45) is 0 Å². The van der Waals surface area contributed by atoms with Crippen molar-refractivity contribution in [2.45, 2.75) is 52.3 Å². The molecule has 0 bridgehead atoms. The summed E-state index contributed by atoms with van der Waals surface area (Å²) < 4.78 is 5.76. The highest BCUT2D eigenvalue weighted by Gasteiger charge is 2.26. The Morgan fingerprint density at radius 2 is 2.29 bits per heavy atom. The molecule has 5 heteroatoms. The van der Waals surface area contributed by atoms with Crippen molar-refractivity contribution < 1.29 is 4.74 Å². The van der Waals surface area contributed by atoms with Crippen molar-refractivity contribution in [3.8, 4) is 0 Å². The maximum atomic E-state index is 6.27. The van der Waals surface area contributed by atoms with Gasteiger partial charge in [-0.25, -0.2) is 4.98 Å². The zero-order valence-corrected chi connectivity index (χ0v) is 14.0. The molecule has 0 saturated carbocycles. The Bertz CT molecular complexity index is 455. The van der Waals surface area contributed by atoms with Crippen molar-refractivity contribution in [1.82, 2.24) is 10.3 Å². The number of nitrogens with one attached hydrogen (secondary N) is 1. The molecule has 4 nitrogen and oxygen atoms in total. The zero-order valence-electron chi connectivity index (χ0n) is 13.2. The van der Waals surface area contributed by atoms with Gasteiger partial charge in [0.1, 0.15) is 5.82 Å². The van der Waals surface area contributed by atoms with E-state index in [1.54, 1.807) is 6.20 Å². The molecular formula is C16H26ClN3O. The molecule has 1 saturated heterocycles. The van der Waals surface area contributed by atoms with Gasteiger partial charge in [0.15, 0.2) is 0 Å². The summed E-state index contributed by atoms with van der Waals surface area (Å²) >= 11 is 6.27. The summed E-state index contributed by atoms with van der Waals surface area (Å²) in [6, 6.07) is 2.51. The van der Waals surface area contributed by atoms with E-state index in [2.05, 4.69) is 42.0 Å². The highest BCUT2D eigenvalue weighted by Crippen LogP contribution is 2.25. The van der Waals surface area contributed by atoms with E-state index < -0.39 is 0 Å². The summed E-state index contributed by atoms with van der Waals surface area (Å²) in [4.78, 5) is 6.89. The normalized spacial score (nSPS) is 22.6. The first-order valence-corrected chi connectivity index (χ1v) is 8.26. The van der Waals surface area contributed by atoms with Crippen molar-refractivity contribution >= 4 is 17.4 Å². The fourth-order valence-electron chi connectivity index (χ4n) is 2.62. The van der Waals surface area contributed by atoms with Gasteiger partial charge in [0.2, 0.25) is 0 Å². The summed E-state index contributed by atoms with van der Waals surface area (Å²) in [7, 11) is 0. The lowest BCUT2D eigenvalue weighted by atomic mass is 10.1. The molecule has 2 rings (SSSR count). The van der Waals surface area contributed by atoms with Gasteiger partial charge in [-0.05, 0) is 37.9 Å². The van der Waals surface area contributed by atoms with Crippen LogP contribution in [0.5, 0.6) is 0 Å². The predicted molar refractivity (Wildman–Crippen MR) is 88.1 cm³/mol. The van der Waals surface area contributed by atoms with E-state index in [0.29, 0.717) is 6.04 Å². The molecule has 1 aromatic rings. The molecule has 0 aromatic carbocycles. The van der Waals surface area contributed by atoms with Gasteiger partial charge in [0.05, 0.1) is 23.8 Å². The van der Waals surface area contributed by atoms with Gasteiger partial charge in [-0.15, -0.1) is 0 Å². The molecule has 0 spiro atoms. The number of hydrogen-bond donors (Lipinski definition) is 1. The van der Waals surface area contributed by atoms with Gasteiger partial charge in [0, 0.05) is 19.3 Å². The minimum absolute atomic E-state index is 0.243. The second-order valence-corrected chi connectivity index (χ2v) is 6.08. The molecule has 2 atom stereocenters. The Hall–Kier alpha value is -0.840. The molecule has 0 radical (unpaired) electrons. The number of hydrogen-bond acceptors (Lipinski definition) is 4. The van der Waals surface area contributed by atoms with Crippen LogP contribution in [0, 0.1) is 0 Å². The average molecular weight is 312 g/mol. The monoisotopic (exact) mass is 311 g/mol. The van der Waals surface area contributed by atoms with Crippen LogP contribution in [0.2, 0.25) is 5.02 Å². The van der Waals surface area contributed by atoms with Crippen LogP contribution in [0.15, 0.2) is 12.3 Å². The SMILES string of the molecule is CCCNCc1cc(N2CC(C)OCC2CC)ncc1Cl. The molecule has 1 aromatic heterocycles. The maximum absolute atomic E-state index is 6.27. The van der Waals surface area contributed by atoms with Crippen LogP contribution in [0.4, 0.5) is 5.82 Å². The Labute approximate surface area is 132 Å². The quantitative estimate of drug-likeness (QED) is 0.818. The van der Waals surface area contributed by atoms with Crippen molar-refractivity contribution in [2.75, 3.05) is 24.6 Å². The smallest absolute Gasteiger partial charge is 0.129 e. The Morgan fingerprint density at radius 3 is 3.00 bits per heavy atom. The lowest BCUT2D eigenvalue weighted by Gasteiger charge is -2.39. The van der Waals surface area contributed by atoms with Gasteiger partial charge in [-0.2, -0.15) is 0 Å². The summed E-state index contributed by atoms with van der Waals surface area (Å²) in [6.07, 6.45) is 4.19. The van der Waals surface area contributed by atoms with E-state index in [9.17, 15) is 0 Å². The van der Waals surface area contributed by atoms with E-state index in [-0.39, 0.29) is 6.10 Å². The third-order valence-electron chi connectivity index (χ3n) is 3.90. The van der Waals surface area contributed by atoms with E-state index in [4.69, 9.17) is 16.3 Å². The van der Waals surface area contributed by atoms with Crippen molar-refractivity contribution in [1.29, 1.82) is 0 Å². The van der Waals surface area contributed by atoms with Crippen LogP contribution in [0.3, 0.4) is 0 Å². The zero-order chi connectivity index (χ0) is 15.2. The number of aromatic nitrogens is 1. The lowest BCUT2D eigenvalue weighted by Crippen LogP contribution is -2.49. The molecule has 1 aliphatic rings. The van der Waals surface area contributed by atoms with Gasteiger partial charge in [-0.3, -0.25) is 0 Å². The Morgan fingerprint density at radius 1 is 1.48 bits per heavy atom. The Balaban J connectivity index is 2.15. The second-order valence-electron chi connectivity index (χ2n) is 5.67. The topological polar surface area (TPSA) is 37.4 Å². The van der Waals surface area contributed by atoms with Crippen LogP contribution in [0.25, 0.3) is 0 Å². The van der Waals surface area contributed by atoms with Crippen molar-refractivity contribution in [3.05, 3.63) is 22.8 Å². The van der Waals surface area contributed by atoms with Crippen molar-refractivity contribution in [3.63, 3.8) is 0 Å². The molecular weight excluding hydrogens is 286 g/mol. The van der Waals surface area contributed by atoms with E-state index >= 15 is 0 Å². The van der Waals surface area contributed by atoms with Gasteiger partial charge >= 0.3 is 0 Å². The predicted octanol–water partition coefficient (Wildman–Crippen LogP) is 3.24. The minimum Gasteiger partial charge on any atom is -0.375 e. The molecule has 1 aliphatic heterocycles.